The summed E-state index contributed by atoms with van der Waals surface area (Å²) in [4.78, 5) is 11.4. The lowest BCUT2D eigenvalue weighted by molar-refractivity contribution is -0.136. The van der Waals surface area contributed by atoms with Gasteiger partial charge in [0.1, 0.15) is 0 Å². The molecule has 0 radical (unpaired) electrons. The molecule has 0 fully saturated rings. The number of nitrogens with one attached hydrogen (secondary N) is 1. The average Bonchev–Trinajstić information content (AvgIpc) is 2.50. The lowest BCUT2D eigenvalue weighted by atomic mass is 10.3. The number of hydrogen-bond acceptors (Lipinski definition) is 3. The molecule has 0 aliphatic carbocycles. The van der Waals surface area contributed by atoms with Gasteiger partial charge in [-0.1, -0.05) is 11.6 Å². The fourth-order valence-corrected chi connectivity index (χ4v) is 2.11. The van der Waals surface area contributed by atoms with Crippen LogP contribution in [-0.2, 0) is 11.2 Å². The van der Waals surface area contributed by atoms with Crippen LogP contribution in [0.25, 0.3) is 0 Å². The molecule has 0 atom stereocenters. The molecule has 1 rings (SSSR count). The Bertz CT molecular complexity index is 301. The van der Waals surface area contributed by atoms with E-state index >= 15 is 0 Å². The van der Waals surface area contributed by atoms with Gasteiger partial charge in [-0.15, -0.1) is 11.3 Å². The highest BCUT2D eigenvalue weighted by Gasteiger charge is 1.98. The summed E-state index contributed by atoms with van der Waals surface area (Å²) in [5.41, 5.74) is 0. The Morgan fingerprint density at radius 1 is 1.50 bits per heavy atom. The highest BCUT2D eigenvalue weighted by molar-refractivity contribution is 7.16. The molecular weight excluding hydrogens is 222 g/mol. The van der Waals surface area contributed by atoms with Crippen LogP contribution in [0.1, 0.15) is 11.3 Å². The van der Waals surface area contributed by atoms with Crippen LogP contribution in [0.5, 0.6) is 0 Å². The van der Waals surface area contributed by atoms with Crippen molar-refractivity contribution < 1.29 is 9.90 Å². The van der Waals surface area contributed by atoms with Gasteiger partial charge in [0, 0.05) is 11.4 Å². The van der Waals surface area contributed by atoms with Gasteiger partial charge in [-0.3, -0.25) is 4.79 Å². The molecule has 0 aromatic carbocycles. The highest BCUT2D eigenvalue weighted by Crippen LogP contribution is 2.21. The molecule has 3 nitrogen and oxygen atoms in total. The Morgan fingerprint density at radius 3 is 2.86 bits per heavy atom. The average molecular weight is 234 g/mol. The Labute approximate surface area is 91.7 Å². The van der Waals surface area contributed by atoms with E-state index in [4.69, 9.17) is 16.7 Å². The Morgan fingerprint density at radius 2 is 2.29 bits per heavy atom. The first-order chi connectivity index (χ1) is 6.68. The third-order valence-corrected chi connectivity index (χ3v) is 2.98. The summed E-state index contributed by atoms with van der Waals surface area (Å²) in [6.07, 6.45) is 1.07. The van der Waals surface area contributed by atoms with Crippen molar-refractivity contribution in [2.45, 2.75) is 12.8 Å². The number of thiophene rings is 1. The minimum atomic E-state index is -0.767. The van der Waals surface area contributed by atoms with Crippen LogP contribution in [0.4, 0.5) is 0 Å². The molecule has 0 amide bonds. The second kappa shape index (κ2) is 6.01. The van der Waals surface area contributed by atoms with Crippen LogP contribution in [-0.4, -0.2) is 24.2 Å². The van der Waals surface area contributed by atoms with Gasteiger partial charge in [-0.05, 0) is 25.1 Å². The molecule has 0 aliphatic rings. The normalized spacial score (nSPS) is 10.4. The van der Waals surface area contributed by atoms with Gasteiger partial charge in [0.2, 0.25) is 0 Å². The summed E-state index contributed by atoms with van der Waals surface area (Å²) in [6, 6.07) is 3.87. The number of carboxylic acid groups (broad SMARTS) is 1. The summed E-state index contributed by atoms with van der Waals surface area (Å²) in [7, 11) is 0. The summed E-state index contributed by atoms with van der Waals surface area (Å²) >= 11 is 7.32. The number of hydrogen-bond donors (Lipinski definition) is 2. The second-order valence-electron chi connectivity index (χ2n) is 2.85. The largest absolute Gasteiger partial charge is 0.481 e. The molecule has 1 aromatic rings. The maximum Gasteiger partial charge on any atom is 0.304 e. The van der Waals surface area contributed by atoms with Crippen LogP contribution >= 0.6 is 22.9 Å². The van der Waals surface area contributed by atoms with E-state index in [9.17, 15) is 4.79 Å². The first-order valence-corrected chi connectivity index (χ1v) is 5.54. The standard InChI is InChI=1S/C9H12ClNO2S/c10-8-2-1-7(14-8)3-5-11-6-4-9(12)13/h1-2,11H,3-6H2,(H,12,13). The van der Waals surface area contributed by atoms with E-state index in [1.54, 1.807) is 11.3 Å². The van der Waals surface area contributed by atoms with Gasteiger partial charge in [0.15, 0.2) is 0 Å². The first-order valence-electron chi connectivity index (χ1n) is 4.35. The third kappa shape index (κ3) is 4.60. The van der Waals surface area contributed by atoms with E-state index < -0.39 is 5.97 Å². The first kappa shape index (κ1) is 11.5. The van der Waals surface area contributed by atoms with Crippen LogP contribution in [0, 0.1) is 0 Å². The number of halogens is 1. The predicted molar refractivity (Wildman–Crippen MR) is 58.2 cm³/mol. The lowest BCUT2D eigenvalue weighted by Crippen LogP contribution is -2.20. The molecule has 1 heterocycles. The molecular formula is C9H12ClNO2S. The molecule has 1 aromatic heterocycles. The SMILES string of the molecule is O=C(O)CCNCCc1ccc(Cl)s1. The van der Waals surface area contributed by atoms with Crippen LogP contribution in [0.15, 0.2) is 12.1 Å². The quantitative estimate of drug-likeness (QED) is 0.739. The molecule has 5 heteroatoms. The van der Waals surface area contributed by atoms with Crippen molar-refractivity contribution in [3.05, 3.63) is 21.3 Å². The van der Waals surface area contributed by atoms with Crippen molar-refractivity contribution in [2.75, 3.05) is 13.1 Å². The second-order valence-corrected chi connectivity index (χ2v) is 4.65. The Balaban J connectivity index is 2.07. The summed E-state index contributed by atoms with van der Waals surface area (Å²) in [6.45, 7) is 1.32. The van der Waals surface area contributed by atoms with Crippen molar-refractivity contribution in [1.29, 1.82) is 0 Å². The van der Waals surface area contributed by atoms with E-state index in [0.717, 1.165) is 17.3 Å². The van der Waals surface area contributed by atoms with Gasteiger partial charge in [0.25, 0.3) is 0 Å². The minimum Gasteiger partial charge on any atom is -0.481 e. The third-order valence-electron chi connectivity index (χ3n) is 1.69. The topological polar surface area (TPSA) is 49.3 Å². The maximum atomic E-state index is 10.2. The molecule has 0 unspecified atom stereocenters. The monoisotopic (exact) mass is 233 g/mol. The van der Waals surface area contributed by atoms with Crippen molar-refractivity contribution in [2.24, 2.45) is 0 Å². The van der Waals surface area contributed by atoms with E-state index in [1.165, 1.54) is 4.88 Å². The Kier molecular flexibility index (Phi) is 4.93. The fourth-order valence-electron chi connectivity index (χ4n) is 1.02. The molecule has 2 N–H and O–H groups in total. The molecule has 78 valence electrons. The lowest BCUT2D eigenvalue weighted by Gasteiger charge is -2.00. The van der Waals surface area contributed by atoms with Gasteiger partial charge >= 0.3 is 5.97 Å². The number of carboxylic acids is 1. The maximum absolute atomic E-state index is 10.2. The summed E-state index contributed by atoms with van der Waals surface area (Å²) in [5.74, 6) is -0.767. The highest BCUT2D eigenvalue weighted by atomic mass is 35.5. The van der Waals surface area contributed by atoms with Gasteiger partial charge in [-0.2, -0.15) is 0 Å². The summed E-state index contributed by atoms with van der Waals surface area (Å²) < 4.78 is 0.797. The van der Waals surface area contributed by atoms with E-state index in [0.29, 0.717) is 6.54 Å². The number of rotatable bonds is 6. The fraction of sp³-hybridized carbons (Fsp3) is 0.444. The zero-order valence-corrected chi connectivity index (χ0v) is 9.20. The van der Waals surface area contributed by atoms with Crippen molar-refractivity contribution >= 4 is 28.9 Å². The molecule has 0 saturated carbocycles. The van der Waals surface area contributed by atoms with Crippen LogP contribution in [0.3, 0.4) is 0 Å². The molecule has 0 bridgehead atoms. The zero-order chi connectivity index (χ0) is 10.4. The smallest absolute Gasteiger partial charge is 0.304 e. The number of aliphatic carboxylic acids is 1. The molecule has 0 aliphatic heterocycles. The molecule has 0 spiro atoms. The van der Waals surface area contributed by atoms with E-state index in [2.05, 4.69) is 5.32 Å². The van der Waals surface area contributed by atoms with Gasteiger partial charge < -0.3 is 10.4 Å². The number of carbonyl (C=O) groups is 1. The van der Waals surface area contributed by atoms with Gasteiger partial charge in [-0.25, -0.2) is 0 Å². The van der Waals surface area contributed by atoms with Crippen LogP contribution in [0.2, 0.25) is 4.34 Å². The van der Waals surface area contributed by atoms with Crippen molar-refractivity contribution in [3.63, 3.8) is 0 Å². The van der Waals surface area contributed by atoms with Gasteiger partial charge in [0.05, 0.1) is 10.8 Å². The summed E-state index contributed by atoms with van der Waals surface area (Å²) in [5, 5.41) is 11.4. The van der Waals surface area contributed by atoms with Crippen molar-refractivity contribution in [1.82, 2.24) is 5.32 Å². The van der Waals surface area contributed by atoms with E-state index in [-0.39, 0.29) is 6.42 Å². The van der Waals surface area contributed by atoms with Crippen molar-refractivity contribution in [3.8, 4) is 0 Å². The molecule has 0 saturated heterocycles. The predicted octanol–water partition coefficient (Wildman–Crippen LogP) is 2.01. The zero-order valence-electron chi connectivity index (χ0n) is 7.62. The molecule has 14 heavy (non-hydrogen) atoms. The van der Waals surface area contributed by atoms with E-state index in [1.807, 2.05) is 12.1 Å². The van der Waals surface area contributed by atoms with Crippen LogP contribution < -0.4 is 5.32 Å². The minimum absolute atomic E-state index is 0.172. The Hall–Kier alpha value is -0.580.